The summed E-state index contributed by atoms with van der Waals surface area (Å²) >= 11 is 0. The maximum Gasteiger partial charge on any atom is 0.387 e. The molecule has 0 heterocycles. The topological polar surface area (TPSA) is 64.4 Å². The number of carbonyl (C=O) groups excluding carboxylic acids is 1. The van der Waals surface area contributed by atoms with E-state index in [1.54, 1.807) is 19.1 Å². The normalized spacial score (nSPS) is 14.1. The van der Waals surface area contributed by atoms with Crippen LogP contribution < -0.4 is 15.8 Å². The fourth-order valence-electron chi connectivity index (χ4n) is 2.49. The summed E-state index contributed by atoms with van der Waals surface area (Å²) in [7, 11) is 0. The number of halogens is 3. The molecule has 3 atom stereocenters. The predicted molar refractivity (Wildman–Crippen MR) is 99.4 cm³/mol. The summed E-state index contributed by atoms with van der Waals surface area (Å²) in [5.74, 6) is -0.500. The highest BCUT2D eigenvalue weighted by Gasteiger charge is 2.23. The average Bonchev–Trinajstić information content (AvgIpc) is 2.61. The minimum Gasteiger partial charge on any atom is -0.435 e. The van der Waals surface area contributed by atoms with E-state index < -0.39 is 18.6 Å². The molecule has 0 aromatic heterocycles. The van der Waals surface area contributed by atoms with E-state index in [2.05, 4.69) is 10.1 Å². The number of alkyl halides is 2. The lowest BCUT2D eigenvalue weighted by atomic mass is 9.94. The molecule has 2 aromatic rings. The zero-order valence-corrected chi connectivity index (χ0v) is 15.4. The van der Waals surface area contributed by atoms with Crippen molar-refractivity contribution in [1.29, 1.82) is 0 Å². The van der Waals surface area contributed by atoms with Gasteiger partial charge in [0, 0.05) is 6.04 Å². The molecular formula is C19H23ClF2N2O2. The number of rotatable bonds is 7. The Bertz CT molecular complexity index is 684. The third-order valence-electron chi connectivity index (χ3n) is 4.10. The molecule has 3 unspecified atom stereocenters. The second kappa shape index (κ2) is 10.1. The van der Waals surface area contributed by atoms with Crippen molar-refractivity contribution in [3.05, 3.63) is 65.7 Å². The Hall–Kier alpha value is -2.18. The quantitative estimate of drug-likeness (QED) is 0.751. The number of nitrogens with two attached hydrogens (primary N) is 1. The Morgan fingerprint density at radius 3 is 2.12 bits per heavy atom. The molecule has 3 N–H and O–H groups in total. The Balaban J connectivity index is 0.00000338. The van der Waals surface area contributed by atoms with Crippen LogP contribution in [0.15, 0.2) is 54.6 Å². The first-order chi connectivity index (χ1) is 11.9. The highest BCUT2D eigenvalue weighted by Crippen LogP contribution is 2.22. The second-order valence-electron chi connectivity index (χ2n) is 5.90. The summed E-state index contributed by atoms with van der Waals surface area (Å²) in [6.45, 7) is 0.740. The zero-order chi connectivity index (χ0) is 18.4. The Kier molecular flexibility index (Phi) is 8.48. The van der Waals surface area contributed by atoms with E-state index in [1.165, 1.54) is 12.1 Å². The largest absolute Gasteiger partial charge is 0.435 e. The van der Waals surface area contributed by atoms with Crippen LogP contribution >= 0.6 is 12.4 Å². The summed E-state index contributed by atoms with van der Waals surface area (Å²) < 4.78 is 28.6. The first-order valence-electron chi connectivity index (χ1n) is 8.04. The third-order valence-corrected chi connectivity index (χ3v) is 4.10. The van der Waals surface area contributed by atoms with Gasteiger partial charge in [0.2, 0.25) is 5.91 Å². The molecule has 0 radical (unpaired) electrons. The van der Waals surface area contributed by atoms with Crippen molar-refractivity contribution in [2.75, 3.05) is 0 Å². The van der Waals surface area contributed by atoms with E-state index in [1.807, 2.05) is 37.3 Å². The molecule has 0 aliphatic carbocycles. The summed E-state index contributed by atoms with van der Waals surface area (Å²) in [6.07, 6.45) is 0. The van der Waals surface area contributed by atoms with Gasteiger partial charge in [-0.1, -0.05) is 49.4 Å². The van der Waals surface area contributed by atoms with Crippen molar-refractivity contribution in [2.24, 2.45) is 11.7 Å². The number of benzene rings is 2. The number of nitrogens with one attached hydrogen (secondary N) is 1. The molecular weight excluding hydrogens is 362 g/mol. The fourth-order valence-corrected chi connectivity index (χ4v) is 2.49. The molecule has 0 aliphatic rings. The molecule has 26 heavy (non-hydrogen) atoms. The van der Waals surface area contributed by atoms with Crippen LogP contribution in [0.5, 0.6) is 5.75 Å². The van der Waals surface area contributed by atoms with E-state index in [-0.39, 0.29) is 30.1 Å². The Morgan fingerprint density at radius 1 is 1.00 bits per heavy atom. The predicted octanol–water partition coefficient (Wildman–Crippen LogP) is 4.22. The van der Waals surface area contributed by atoms with Crippen LogP contribution in [0.3, 0.4) is 0 Å². The first kappa shape index (κ1) is 21.9. The number of ether oxygens (including phenoxy) is 1. The maximum atomic E-state index is 12.4. The molecule has 0 spiro atoms. The number of carbonyl (C=O) groups is 1. The van der Waals surface area contributed by atoms with Gasteiger partial charge in [0.15, 0.2) is 0 Å². The molecule has 0 saturated heterocycles. The maximum absolute atomic E-state index is 12.4. The Morgan fingerprint density at radius 2 is 1.58 bits per heavy atom. The second-order valence-corrected chi connectivity index (χ2v) is 5.90. The molecule has 142 valence electrons. The highest BCUT2D eigenvalue weighted by molar-refractivity contribution is 5.85. The van der Waals surface area contributed by atoms with Gasteiger partial charge in [0.05, 0.1) is 12.0 Å². The van der Waals surface area contributed by atoms with E-state index in [4.69, 9.17) is 5.73 Å². The van der Waals surface area contributed by atoms with E-state index in [0.29, 0.717) is 0 Å². The lowest BCUT2D eigenvalue weighted by Gasteiger charge is -2.22. The number of hydrogen-bond acceptors (Lipinski definition) is 3. The lowest BCUT2D eigenvalue weighted by Crippen LogP contribution is -2.36. The van der Waals surface area contributed by atoms with Gasteiger partial charge >= 0.3 is 6.61 Å². The van der Waals surface area contributed by atoms with Crippen LogP contribution in [0.25, 0.3) is 0 Å². The van der Waals surface area contributed by atoms with Crippen molar-refractivity contribution in [3.8, 4) is 5.75 Å². The van der Waals surface area contributed by atoms with Gasteiger partial charge in [-0.25, -0.2) is 0 Å². The molecule has 2 rings (SSSR count). The van der Waals surface area contributed by atoms with Gasteiger partial charge < -0.3 is 15.8 Å². The lowest BCUT2D eigenvalue weighted by molar-refractivity contribution is -0.125. The summed E-state index contributed by atoms with van der Waals surface area (Å²) in [6, 6.07) is 14.9. The third kappa shape index (κ3) is 5.97. The van der Waals surface area contributed by atoms with Gasteiger partial charge in [-0.15, -0.1) is 12.4 Å². The summed E-state index contributed by atoms with van der Waals surface area (Å²) in [5.41, 5.74) is 7.85. The van der Waals surface area contributed by atoms with E-state index >= 15 is 0 Å². The number of hydrogen-bond donors (Lipinski definition) is 2. The standard InChI is InChI=1S/C19H22F2N2O2.ClH/c1-12(17(22)15-6-4-3-5-7-15)18(24)23-13(2)14-8-10-16(11-9-14)25-19(20)21;/h3-13,17,19H,22H2,1-2H3,(H,23,24);1H. The molecule has 4 nitrogen and oxygen atoms in total. The molecule has 0 saturated carbocycles. The first-order valence-corrected chi connectivity index (χ1v) is 8.04. The van der Waals surface area contributed by atoms with Crippen molar-refractivity contribution in [3.63, 3.8) is 0 Å². The van der Waals surface area contributed by atoms with Crippen LogP contribution in [0.1, 0.15) is 37.1 Å². The van der Waals surface area contributed by atoms with Crippen molar-refractivity contribution in [1.82, 2.24) is 5.32 Å². The number of amides is 1. The van der Waals surface area contributed by atoms with Gasteiger partial charge in [-0.2, -0.15) is 8.78 Å². The van der Waals surface area contributed by atoms with Gasteiger partial charge in [0.25, 0.3) is 0 Å². The molecule has 0 fully saturated rings. The molecule has 7 heteroatoms. The van der Waals surface area contributed by atoms with Crippen molar-refractivity contribution >= 4 is 18.3 Å². The van der Waals surface area contributed by atoms with Crippen LogP contribution in [0, 0.1) is 5.92 Å². The van der Waals surface area contributed by atoms with Gasteiger partial charge in [-0.3, -0.25) is 4.79 Å². The monoisotopic (exact) mass is 384 g/mol. The molecule has 0 aliphatic heterocycles. The average molecular weight is 385 g/mol. The summed E-state index contributed by atoms with van der Waals surface area (Å²) in [5, 5.41) is 2.90. The van der Waals surface area contributed by atoms with Crippen molar-refractivity contribution in [2.45, 2.75) is 32.5 Å². The van der Waals surface area contributed by atoms with Crippen LogP contribution in [-0.4, -0.2) is 12.5 Å². The van der Waals surface area contributed by atoms with Gasteiger partial charge in [0.1, 0.15) is 5.75 Å². The molecule has 0 bridgehead atoms. The van der Waals surface area contributed by atoms with Gasteiger partial charge in [-0.05, 0) is 30.2 Å². The van der Waals surface area contributed by atoms with E-state index in [0.717, 1.165) is 11.1 Å². The van der Waals surface area contributed by atoms with Crippen LogP contribution in [0.2, 0.25) is 0 Å². The smallest absolute Gasteiger partial charge is 0.387 e. The zero-order valence-electron chi connectivity index (χ0n) is 14.6. The molecule has 1 amide bonds. The van der Waals surface area contributed by atoms with Crippen LogP contribution in [-0.2, 0) is 4.79 Å². The minimum absolute atomic E-state index is 0. The SMILES string of the molecule is CC(NC(=O)C(C)C(N)c1ccccc1)c1ccc(OC(F)F)cc1.Cl. The van der Waals surface area contributed by atoms with E-state index in [9.17, 15) is 13.6 Å². The van der Waals surface area contributed by atoms with Crippen LogP contribution in [0.4, 0.5) is 8.78 Å². The van der Waals surface area contributed by atoms with Crippen molar-refractivity contribution < 1.29 is 18.3 Å². The summed E-state index contributed by atoms with van der Waals surface area (Å²) in [4.78, 5) is 12.4. The molecule has 2 aromatic carbocycles. The highest BCUT2D eigenvalue weighted by atomic mass is 35.5. The fraction of sp³-hybridized carbons (Fsp3) is 0.316. The Labute approximate surface area is 158 Å². The minimum atomic E-state index is -2.86.